The second-order valence-electron chi connectivity index (χ2n) is 3.60. The first-order valence-corrected chi connectivity index (χ1v) is 6.44. The molecule has 0 saturated heterocycles. The van der Waals surface area contributed by atoms with Crippen molar-refractivity contribution in [3.05, 3.63) is 22.7 Å². The van der Waals surface area contributed by atoms with Crippen molar-refractivity contribution >= 4 is 29.7 Å². The molecule has 7 nitrogen and oxygen atoms in total. The van der Waals surface area contributed by atoms with Crippen molar-refractivity contribution in [3.8, 4) is 5.69 Å². The van der Waals surface area contributed by atoms with E-state index in [4.69, 9.17) is 0 Å². The molecule has 0 aliphatic rings. The number of tetrazole rings is 1. The van der Waals surface area contributed by atoms with E-state index in [1.54, 1.807) is 0 Å². The lowest BCUT2D eigenvalue weighted by atomic mass is 10.3. The maximum atomic E-state index is 12.0. The predicted molar refractivity (Wildman–Crippen MR) is 75.2 cm³/mol. The first kappa shape index (κ1) is 15.5. The quantitative estimate of drug-likeness (QED) is 0.759. The molecule has 0 fully saturated rings. The lowest BCUT2D eigenvalue weighted by Gasteiger charge is -2.05. The van der Waals surface area contributed by atoms with E-state index in [2.05, 4.69) is 26.2 Å². The van der Waals surface area contributed by atoms with E-state index < -0.39 is 0 Å². The summed E-state index contributed by atoms with van der Waals surface area (Å²) in [5, 5.41) is 18.7. The van der Waals surface area contributed by atoms with E-state index in [-0.39, 0.29) is 18.3 Å². The summed E-state index contributed by atoms with van der Waals surface area (Å²) in [6, 6.07) is 1.82. The molecule has 0 bridgehead atoms. The topological polar surface area (TPSA) is 84.7 Å². The van der Waals surface area contributed by atoms with Gasteiger partial charge >= 0.3 is 0 Å². The summed E-state index contributed by atoms with van der Waals surface area (Å²) in [4.78, 5) is 12.6. The molecule has 19 heavy (non-hydrogen) atoms. The van der Waals surface area contributed by atoms with Gasteiger partial charge in [-0.3, -0.25) is 4.79 Å². The monoisotopic (exact) mass is 302 g/mol. The minimum absolute atomic E-state index is 0. The highest BCUT2D eigenvalue weighted by Gasteiger charge is 2.14. The number of hydrogen-bond acceptors (Lipinski definition) is 6. The summed E-state index contributed by atoms with van der Waals surface area (Å²) in [6.07, 6.45) is 2.37. The van der Waals surface area contributed by atoms with Crippen LogP contribution in [-0.4, -0.2) is 46.3 Å². The fourth-order valence-corrected chi connectivity index (χ4v) is 2.27. The number of nitrogens with one attached hydrogen (secondary N) is 2. The standard InChI is InChI=1S/C10H14N6OS.ClH/c1-11-4-2-5-12-10(17)9-8(3-6-18-9)16-7-13-14-15-16;/h3,6-7,11H,2,4-5H2,1H3,(H,12,17);1H. The first-order valence-electron chi connectivity index (χ1n) is 5.56. The van der Waals surface area contributed by atoms with Crippen LogP contribution in [0.2, 0.25) is 0 Å². The Hall–Kier alpha value is -1.51. The number of aromatic nitrogens is 4. The molecule has 2 aromatic heterocycles. The van der Waals surface area contributed by atoms with Gasteiger partial charge in [0.2, 0.25) is 0 Å². The van der Waals surface area contributed by atoms with Crippen molar-refractivity contribution in [2.75, 3.05) is 20.1 Å². The highest BCUT2D eigenvalue weighted by Crippen LogP contribution is 2.19. The molecule has 1 amide bonds. The molecule has 104 valence electrons. The second kappa shape index (κ2) is 7.82. The van der Waals surface area contributed by atoms with Crippen LogP contribution >= 0.6 is 23.7 Å². The third-order valence-electron chi connectivity index (χ3n) is 2.34. The van der Waals surface area contributed by atoms with Crippen LogP contribution in [0.1, 0.15) is 16.1 Å². The Morgan fingerprint density at radius 2 is 2.32 bits per heavy atom. The molecule has 2 aromatic rings. The van der Waals surface area contributed by atoms with Gasteiger partial charge in [0.05, 0.1) is 5.69 Å². The van der Waals surface area contributed by atoms with Crippen LogP contribution in [0.3, 0.4) is 0 Å². The lowest BCUT2D eigenvalue weighted by molar-refractivity contribution is 0.0957. The van der Waals surface area contributed by atoms with E-state index >= 15 is 0 Å². The average molecular weight is 303 g/mol. The molecule has 9 heteroatoms. The third-order valence-corrected chi connectivity index (χ3v) is 3.24. The molecule has 0 aliphatic carbocycles. The van der Waals surface area contributed by atoms with E-state index in [1.165, 1.54) is 22.3 Å². The number of rotatable bonds is 6. The van der Waals surface area contributed by atoms with Crippen LogP contribution in [-0.2, 0) is 0 Å². The van der Waals surface area contributed by atoms with Gasteiger partial charge in [-0.1, -0.05) is 0 Å². The molecule has 2 heterocycles. The van der Waals surface area contributed by atoms with Gasteiger partial charge in [0.25, 0.3) is 5.91 Å². The molecule has 0 spiro atoms. The van der Waals surface area contributed by atoms with Gasteiger partial charge in [0.1, 0.15) is 11.2 Å². The zero-order valence-electron chi connectivity index (χ0n) is 10.4. The summed E-state index contributed by atoms with van der Waals surface area (Å²) in [5.41, 5.74) is 0.705. The Morgan fingerprint density at radius 1 is 1.47 bits per heavy atom. The minimum atomic E-state index is -0.0911. The van der Waals surface area contributed by atoms with Gasteiger partial charge in [-0.2, -0.15) is 4.68 Å². The molecular weight excluding hydrogens is 288 g/mol. The zero-order chi connectivity index (χ0) is 12.8. The Balaban J connectivity index is 0.00000180. The zero-order valence-corrected chi connectivity index (χ0v) is 12.0. The lowest BCUT2D eigenvalue weighted by Crippen LogP contribution is -2.26. The molecule has 0 unspecified atom stereocenters. The van der Waals surface area contributed by atoms with Crippen LogP contribution in [0.5, 0.6) is 0 Å². The summed E-state index contributed by atoms with van der Waals surface area (Å²) < 4.78 is 1.49. The molecule has 2 rings (SSSR count). The fraction of sp³-hybridized carbons (Fsp3) is 0.400. The number of nitrogens with zero attached hydrogens (tertiary/aromatic N) is 4. The van der Waals surface area contributed by atoms with Crippen molar-refractivity contribution in [3.63, 3.8) is 0 Å². The molecule has 2 N–H and O–H groups in total. The summed E-state index contributed by atoms with van der Waals surface area (Å²) in [5.74, 6) is -0.0911. The minimum Gasteiger partial charge on any atom is -0.351 e. The Labute approximate surface area is 120 Å². The molecule has 0 radical (unpaired) electrons. The number of thiophene rings is 1. The number of carbonyl (C=O) groups excluding carboxylic acids is 1. The number of hydrogen-bond donors (Lipinski definition) is 2. The first-order chi connectivity index (χ1) is 8.83. The SMILES string of the molecule is CNCCCNC(=O)c1sccc1-n1cnnn1.Cl. The molecule has 0 atom stereocenters. The van der Waals surface area contributed by atoms with Gasteiger partial charge in [-0.25, -0.2) is 0 Å². The highest BCUT2D eigenvalue weighted by atomic mass is 35.5. The van der Waals surface area contributed by atoms with E-state index in [0.29, 0.717) is 17.1 Å². The van der Waals surface area contributed by atoms with Gasteiger partial charge in [-0.15, -0.1) is 28.8 Å². The molecular formula is C10H15ClN6OS. The normalized spacial score (nSPS) is 9.95. The highest BCUT2D eigenvalue weighted by molar-refractivity contribution is 7.12. The van der Waals surface area contributed by atoms with Crippen molar-refractivity contribution in [2.24, 2.45) is 0 Å². The van der Waals surface area contributed by atoms with Crippen molar-refractivity contribution < 1.29 is 4.79 Å². The van der Waals surface area contributed by atoms with Gasteiger partial charge in [0.15, 0.2) is 0 Å². The predicted octanol–water partition coefficient (Wildman–Crippen LogP) is 0.485. The second-order valence-corrected chi connectivity index (χ2v) is 4.52. The molecule has 0 aliphatic heterocycles. The van der Waals surface area contributed by atoms with Gasteiger partial charge in [-0.05, 0) is 41.9 Å². The number of carbonyl (C=O) groups is 1. The van der Waals surface area contributed by atoms with Crippen LogP contribution in [0, 0.1) is 0 Å². The number of halogens is 1. The fourth-order valence-electron chi connectivity index (χ4n) is 1.47. The molecule has 0 saturated carbocycles. The third kappa shape index (κ3) is 3.98. The van der Waals surface area contributed by atoms with Crippen LogP contribution in [0.25, 0.3) is 5.69 Å². The van der Waals surface area contributed by atoms with E-state index in [1.807, 2.05) is 18.5 Å². The summed E-state index contributed by atoms with van der Waals surface area (Å²) in [7, 11) is 1.89. The number of amides is 1. The largest absolute Gasteiger partial charge is 0.351 e. The van der Waals surface area contributed by atoms with Crippen molar-refractivity contribution in [1.29, 1.82) is 0 Å². The van der Waals surface area contributed by atoms with Crippen molar-refractivity contribution in [1.82, 2.24) is 30.8 Å². The van der Waals surface area contributed by atoms with Crippen LogP contribution in [0.4, 0.5) is 0 Å². The van der Waals surface area contributed by atoms with Gasteiger partial charge in [0, 0.05) is 6.54 Å². The van der Waals surface area contributed by atoms with Crippen molar-refractivity contribution in [2.45, 2.75) is 6.42 Å². The van der Waals surface area contributed by atoms with E-state index in [9.17, 15) is 4.79 Å². The van der Waals surface area contributed by atoms with Crippen LogP contribution < -0.4 is 10.6 Å². The summed E-state index contributed by atoms with van der Waals surface area (Å²) >= 11 is 1.38. The van der Waals surface area contributed by atoms with E-state index in [0.717, 1.165) is 13.0 Å². The van der Waals surface area contributed by atoms with Gasteiger partial charge < -0.3 is 10.6 Å². The maximum Gasteiger partial charge on any atom is 0.263 e. The smallest absolute Gasteiger partial charge is 0.263 e. The maximum absolute atomic E-state index is 12.0. The summed E-state index contributed by atoms with van der Waals surface area (Å²) in [6.45, 7) is 1.52. The Morgan fingerprint density at radius 3 is 3.00 bits per heavy atom. The Kier molecular flexibility index (Phi) is 6.40. The Bertz CT molecular complexity index is 500. The average Bonchev–Trinajstić information content (AvgIpc) is 3.02. The van der Waals surface area contributed by atoms with Crippen LogP contribution in [0.15, 0.2) is 17.8 Å². The molecule has 0 aromatic carbocycles.